The fourth-order valence-electron chi connectivity index (χ4n) is 3.83. The molecule has 142 valence electrons. The lowest BCUT2D eigenvalue weighted by molar-refractivity contribution is 0.195. The summed E-state index contributed by atoms with van der Waals surface area (Å²) >= 11 is 0. The number of anilines is 1. The minimum Gasteiger partial charge on any atom is -0.383 e. The molecule has 0 aromatic carbocycles. The number of pyridine rings is 1. The lowest BCUT2D eigenvalue weighted by atomic mass is 9.96. The zero-order valence-corrected chi connectivity index (χ0v) is 15.9. The standard InChI is InChI=1S/C19H26N8/c1-14-21-8-10-27(14)13-17-23-24-19(25(17)2)16-6-4-9-26(12-16)11-15-5-3-7-22-18(15)20/h3,5,7-8,10,16H,4,6,9,11-13H2,1-2H3,(H2,20,22)/t16-/m1/s1. The molecule has 0 bridgehead atoms. The molecule has 0 unspecified atom stereocenters. The van der Waals surface area contributed by atoms with Crippen LogP contribution in [0.5, 0.6) is 0 Å². The molecule has 1 fully saturated rings. The second-order valence-corrected chi connectivity index (χ2v) is 7.26. The first-order valence-electron chi connectivity index (χ1n) is 9.39. The number of hydrogen-bond donors (Lipinski definition) is 1. The Hall–Kier alpha value is -2.74. The summed E-state index contributed by atoms with van der Waals surface area (Å²) in [6.45, 7) is 5.56. The zero-order valence-electron chi connectivity index (χ0n) is 15.9. The summed E-state index contributed by atoms with van der Waals surface area (Å²) < 4.78 is 4.23. The highest BCUT2D eigenvalue weighted by molar-refractivity contribution is 5.38. The van der Waals surface area contributed by atoms with Crippen molar-refractivity contribution in [3.63, 3.8) is 0 Å². The molecular formula is C19H26N8. The van der Waals surface area contributed by atoms with Gasteiger partial charge in [-0.25, -0.2) is 9.97 Å². The van der Waals surface area contributed by atoms with Gasteiger partial charge in [0, 0.05) is 50.2 Å². The van der Waals surface area contributed by atoms with Crippen LogP contribution in [0.3, 0.4) is 0 Å². The van der Waals surface area contributed by atoms with Crippen LogP contribution in [-0.4, -0.2) is 47.3 Å². The van der Waals surface area contributed by atoms with Gasteiger partial charge in [0.2, 0.25) is 0 Å². The summed E-state index contributed by atoms with van der Waals surface area (Å²) in [5.74, 6) is 4.01. The van der Waals surface area contributed by atoms with E-state index in [0.29, 0.717) is 18.3 Å². The zero-order chi connectivity index (χ0) is 18.8. The fraction of sp³-hybridized carbons (Fsp3) is 0.474. The summed E-state index contributed by atoms with van der Waals surface area (Å²) in [5, 5.41) is 8.97. The number of nitrogens with two attached hydrogens (primary N) is 1. The molecule has 1 atom stereocenters. The van der Waals surface area contributed by atoms with Crippen LogP contribution in [0.1, 0.15) is 41.8 Å². The third-order valence-electron chi connectivity index (χ3n) is 5.42. The highest BCUT2D eigenvalue weighted by Crippen LogP contribution is 2.27. The van der Waals surface area contributed by atoms with Gasteiger partial charge in [-0.2, -0.15) is 0 Å². The fourth-order valence-corrected chi connectivity index (χ4v) is 3.83. The Bertz CT molecular complexity index is 912. The summed E-state index contributed by atoms with van der Waals surface area (Å²) in [5.41, 5.74) is 7.11. The number of rotatable bonds is 5. The van der Waals surface area contributed by atoms with Crippen molar-refractivity contribution < 1.29 is 0 Å². The van der Waals surface area contributed by atoms with Crippen molar-refractivity contribution >= 4 is 5.82 Å². The molecule has 0 amide bonds. The van der Waals surface area contributed by atoms with Gasteiger partial charge in [-0.3, -0.25) is 4.90 Å². The molecule has 2 N–H and O–H groups in total. The van der Waals surface area contributed by atoms with Gasteiger partial charge in [-0.05, 0) is 32.4 Å². The van der Waals surface area contributed by atoms with Gasteiger partial charge in [-0.1, -0.05) is 6.07 Å². The van der Waals surface area contributed by atoms with Gasteiger partial charge in [-0.15, -0.1) is 10.2 Å². The highest BCUT2D eigenvalue weighted by atomic mass is 15.3. The molecule has 4 rings (SSSR count). The number of nitrogens with zero attached hydrogens (tertiary/aromatic N) is 7. The van der Waals surface area contributed by atoms with Gasteiger partial charge >= 0.3 is 0 Å². The molecule has 1 aliphatic rings. The van der Waals surface area contributed by atoms with Gasteiger partial charge in [0.05, 0.1) is 6.54 Å². The van der Waals surface area contributed by atoms with Gasteiger partial charge in [0.25, 0.3) is 0 Å². The Morgan fingerprint density at radius 3 is 2.85 bits per heavy atom. The quantitative estimate of drug-likeness (QED) is 0.739. The number of aromatic nitrogens is 6. The minimum absolute atomic E-state index is 0.381. The van der Waals surface area contributed by atoms with Crippen molar-refractivity contribution in [2.75, 3.05) is 18.8 Å². The lowest BCUT2D eigenvalue weighted by Gasteiger charge is -2.32. The van der Waals surface area contributed by atoms with E-state index in [-0.39, 0.29) is 0 Å². The van der Waals surface area contributed by atoms with Gasteiger partial charge in [0.15, 0.2) is 5.82 Å². The average molecular weight is 366 g/mol. The van der Waals surface area contributed by atoms with E-state index in [4.69, 9.17) is 5.73 Å². The van der Waals surface area contributed by atoms with Crippen molar-refractivity contribution in [3.05, 3.63) is 53.8 Å². The van der Waals surface area contributed by atoms with E-state index in [9.17, 15) is 0 Å². The SMILES string of the molecule is Cc1nccn1Cc1nnc([C@@H]2CCCN(Cc3cccnc3N)C2)n1C. The predicted molar refractivity (Wildman–Crippen MR) is 103 cm³/mol. The Balaban J connectivity index is 1.47. The van der Waals surface area contributed by atoms with E-state index < -0.39 is 0 Å². The molecule has 27 heavy (non-hydrogen) atoms. The average Bonchev–Trinajstić information content (AvgIpc) is 3.24. The summed E-state index contributed by atoms with van der Waals surface area (Å²) in [6.07, 6.45) is 7.81. The van der Waals surface area contributed by atoms with Crippen LogP contribution < -0.4 is 5.73 Å². The first-order valence-corrected chi connectivity index (χ1v) is 9.39. The molecule has 3 aromatic rings. The molecule has 0 saturated carbocycles. The predicted octanol–water partition coefficient (Wildman–Crippen LogP) is 1.73. The smallest absolute Gasteiger partial charge is 0.152 e. The van der Waals surface area contributed by atoms with Crippen LogP contribution in [-0.2, 0) is 20.1 Å². The Labute approximate surface area is 159 Å². The monoisotopic (exact) mass is 366 g/mol. The summed E-state index contributed by atoms with van der Waals surface area (Å²) in [7, 11) is 2.06. The maximum atomic E-state index is 6.02. The number of piperidine rings is 1. The molecule has 3 aromatic heterocycles. The maximum Gasteiger partial charge on any atom is 0.152 e. The third kappa shape index (κ3) is 3.71. The van der Waals surface area contributed by atoms with E-state index >= 15 is 0 Å². The van der Waals surface area contributed by atoms with Crippen molar-refractivity contribution in [2.24, 2.45) is 7.05 Å². The van der Waals surface area contributed by atoms with E-state index in [1.165, 1.54) is 0 Å². The topological polar surface area (TPSA) is 90.7 Å². The molecule has 1 saturated heterocycles. The summed E-state index contributed by atoms with van der Waals surface area (Å²) in [6, 6.07) is 4.00. The first kappa shape index (κ1) is 17.7. The Kier molecular flexibility index (Phi) is 4.89. The second-order valence-electron chi connectivity index (χ2n) is 7.26. The minimum atomic E-state index is 0.381. The van der Waals surface area contributed by atoms with Crippen molar-refractivity contribution in [3.8, 4) is 0 Å². The molecule has 8 heteroatoms. The van der Waals surface area contributed by atoms with Crippen molar-refractivity contribution in [2.45, 2.75) is 38.8 Å². The number of hydrogen-bond acceptors (Lipinski definition) is 6. The Morgan fingerprint density at radius 1 is 1.19 bits per heavy atom. The molecule has 0 radical (unpaired) electrons. The molecule has 0 spiro atoms. The van der Waals surface area contributed by atoms with Crippen LogP contribution in [0.4, 0.5) is 5.82 Å². The number of imidazole rings is 1. The molecule has 4 heterocycles. The van der Waals surface area contributed by atoms with Crippen LogP contribution in [0.15, 0.2) is 30.7 Å². The van der Waals surface area contributed by atoms with Crippen LogP contribution in [0, 0.1) is 6.92 Å². The van der Waals surface area contributed by atoms with E-state index in [1.807, 2.05) is 25.4 Å². The third-order valence-corrected chi connectivity index (χ3v) is 5.42. The van der Waals surface area contributed by atoms with Crippen molar-refractivity contribution in [1.82, 2.24) is 34.2 Å². The van der Waals surface area contributed by atoms with Crippen LogP contribution in [0.25, 0.3) is 0 Å². The van der Waals surface area contributed by atoms with Gasteiger partial charge in [0.1, 0.15) is 17.5 Å². The van der Waals surface area contributed by atoms with Crippen LogP contribution in [0.2, 0.25) is 0 Å². The first-order chi connectivity index (χ1) is 13.1. The Morgan fingerprint density at radius 2 is 2.07 bits per heavy atom. The molecular weight excluding hydrogens is 340 g/mol. The largest absolute Gasteiger partial charge is 0.383 e. The lowest BCUT2D eigenvalue weighted by Crippen LogP contribution is -2.35. The molecule has 1 aliphatic heterocycles. The molecule has 8 nitrogen and oxygen atoms in total. The van der Waals surface area contributed by atoms with E-state index in [2.05, 4.69) is 47.3 Å². The highest BCUT2D eigenvalue weighted by Gasteiger charge is 2.26. The second kappa shape index (κ2) is 7.48. The van der Waals surface area contributed by atoms with Crippen LogP contribution >= 0.6 is 0 Å². The normalized spacial score (nSPS) is 18.1. The summed E-state index contributed by atoms with van der Waals surface area (Å²) in [4.78, 5) is 10.9. The van der Waals surface area contributed by atoms with Gasteiger partial charge < -0.3 is 14.9 Å². The van der Waals surface area contributed by atoms with Crippen molar-refractivity contribution in [1.29, 1.82) is 0 Å². The maximum absolute atomic E-state index is 6.02. The number of aryl methyl sites for hydroxylation is 1. The number of likely N-dealkylation sites (tertiary alicyclic amines) is 1. The van der Waals surface area contributed by atoms with E-state index in [0.717, 1.165) is 55.5 Å². The van der Waals surface area contributed by atoms with E-state index in [1.54, 1.807) is 6.20 Å². The molecule has 0 aliphatic carbocycles. The number of nitrogen functional groups attached to an aromatic ring is 1.